The topological polar surface area (TPSA) is 92.5 Å². The molecule has 30 heavy (non-hydrogen) atoms. The Labute approximate surface area is 178 Å². The molecular formula is C23H31N5O2. The third kappa shape index (κ3) is 4.72. The second kappa shape index (κ2) is 9.15. The van der Waals surface area contributed by atoms with Crippen molar-refractivity contribution in [3.63, 3.8) is 0 Å². The Hall–Kier alpha value is -3.09. The summed E-state index contributed by atoms with van der Waals surface area (Å²) < 4.78 is 0. The van der Waals surface area contributed by atoms with E-state index >= 15 is 0 Å². The maximum atomic E-state index is 11.8. The van der Waals surface area contributed by atoms with E-state index in [1.54, 1.807) is 6.07 Å². The zero-order valence-electron chi connectivity index (χ0n) is 18.2. The first-order valence-corrected chi connectivity index (χ1v) is 10.4. The molecule has 0 amide bonds. The number of anilines is 4. The minimum absolute atomic E-state index is 0.0119. The van der Waals surface area contributed by atoms with Gasteiger partial charge in [-0.25, -0.2) is 9.78 Å². The predicted octanol–water partition coefficient (Wildman–Crippen LogP) is 4.60. The SMILES string of the molecule is CC(C)C(=N)c1c(N2CCCCC2)cc(C(=O)O)nc1Nc1cccc(N(C)C)c1. The average molecular weight is 410 g/mol. The molecule has 3 N–H and O–H groups in total. The Balaban J connectivity index is 2.15. The highest BCUT2D eigenvalue weighted by atomic mass is 16.4. The van der Waals surface area contributed by atoms with E-state index in [2.05, 4.69) is 15.2 Å². The number of piperidine rings is 1. The van der Waals surface area contributed by atoms with Crippen LogP contribution in [0.15, 0.2) is 30.3 Å². The van der Waals surface area contributed by atoms with Crippen LogP contribution in [-0.4, -0.2) is 49.0 Å². The average Bonchev–Trinajstić information content (AvgIpc) is 2.73. The molecule has 0 radical (unpaired) electrons. The molecule has 0 saturated carbocycles. The molecular weight excluding hydrogens is 378 g/mol. The molecule has 0 unspecified atom stereocenters. The molecule has 0 spiro atoms. The monoisotopic (exact) mass is 409 g/mol. The second-order valence-electron chi connectivity index (χ2n) is 8.24. The highest BCUT2D eigenvalue weighted by Crippen LogP contribution is 2.34. The third-order valence-electron chi connectivity index (χ3n) is 5.39. The van der Waals surface area contributed by atoms with Gasteiger partial charge in [0, 0.05) is 44.3 Å². The van der Waals surface area contributed by atoms with Gasteiger partial charge in [-0.05, 0) is 49.4 Å². The number of carboxylic acids is 1. The summed E-state index contributed by atoms with van der Waals surface area (Å²) in [7, 11) is 3.94. The molecule has 0 atom stereocenters. The molecule has 0 aliphatic carbocycles. The molecule has 2 aromatic rings. The third-order valence-corrected chi connectivity index (χ3v) is 5.39. The Bertz CT molecular complexity index is 933. The number of hydrogen-bond acceptors (Lipinski definition) is 6. The van der Waals surface area contributed by atoms with E-state index in [-0.39, 0.29) is 11.6 Å². The number of rotatable bonds is 7. The van der Waals surface area contributed by atoms with Crippen LogP contribution < -0.4 is 15.1 Å². The van der Waals surface area contributed by atoms with Crippen LogP contribution in [0.1, 0.15) is 49.2 Å². The smallest absolute Gasteiger partial charge is 0.354 e. The minimum Gasteiger partial charge on any atom is -0.477 e. The van der Waals surface area contributed by atoms with Gasteiger partial charge in [0.05, 0.1) is 11.3 Å². The van der Waals surface area contributed by atoms with Crippen molar-refractivity contribution in [2.24, 2.45) is 5.92 Å². The number of aromatic carboxylic acids is 1. The number of pyridine rings is 1. The first-order chi connectivity index (χ1) is 14.3. The number of benzene rings is 1. The Morgan fingerprint density at radius 3 is 2.50 bits per heavy atom. The molecule has 1 aromatic heterocycles. The van der Waals surface area contributed by atoms with Crippen LogP contribution in [0.5, 0.6) is 0 Å². The van der Waals surface area contributed by atoms with E-state index < -0.39 is 5.97 Å². The van der Waals surface area contributed by atoms with Gasteiger partial charge in [0.1, 0.15) is 5.82 Å². The van der Waals surface area contributed by atoms with Gasteiger partial charge in [-0.3, -0.25) is 0 Å². The fourth-order valence-electron chi connectivity index (χ4n) is 3.67. The van der Waals surface area contributed by atoms with E-state index in [4.69, 9.17) is 5.41 Å². The van der Waals surface area contributed by atoms with Crippen molar-refractivity contribution in [3.05, 3.63) is 41.6 Å². The summed E-state index contributed by atoms with van der Waals surface area (Å²) >= 11 is 0. The lowest BCUT2D eigenvalue weighted by Crippen LogP contribution is -2.32. The summed E-state index contributed by atoms with van der Waals surface area (Å²) in [5.41, 5.74) is 3.73. The second-order valence-corrected chi connectivity index (χ2v) is 8.24. The van der Waals surface area contributed by atoms with E-state index in [0.29, 0.717) is 17.1 Å². The number of hydrogen-bond donors (Lipinski definition) is 3. The zero-order chi connectivity index (χ0) is 21.8. The highest BCUT2D eigenvalue weighted by Gasteiger charge is 2.25. The van der Waals surface area contributed by atoms with Gasteiger partial charge in [0.2, 0.25) is 0 Å². The van der Waals surface area contributed by atoms with Gasteiger partial charge >= 0.3 is 5.97 Å². The molecule has 160 valence electrons. The summed E-state index contributed by atoms with van der Waals surface area (Å²) in [4.78, 5) is 20.4. The lowest BCUT2D eigenvalue weighted by Gasteiger charge is -2.32. The number of carboxylic acid groups (broad SMARTS) is 1. The predicted molar refractivity (Wildman–Crippen MR) is 123 cm³/mol. The van der Waals surface area contributed by atoms with Crippen molar-refractivity contribution in [2.45, 2.75) is 33.1 Å². The molecule has 1 fully saturated rings. The van der Waals surface area contributed by atoms with Crippen molar-refractivity contribution in [3.8, 4) is 0 Å². The van der Waals surface area contributed by atoms with Crippen molar-refractivity contribution in [2.75, 3.05) is 42.3 Å². The maximum absolute atomic E-state index is 11.8. The van der Waals surface area contributed by atoms with E-state index in [1.165, 1.54) is 6.42 Å². The van der Waals surface area contributed by atoms with E-state index in [0.717, 1.165) is 43.0 Å². The van der Waals surface area contributed by atoms with Crippen LogP contribution in [0.2, 0.25) is 0 Å². The molecule has 1 aliphatic heterocycles. The minimum atomic E-state index is -1.07. The summed E-state index contributed by atoms with van der Waals surface area (Å²) in [6, 6.07) is 9.48. The van der Waals surface area contributed by atoms with Crippen LogP contribution in [0, 0.1) is 11.3 Å². The lowest BCUT2D eigenvalue weighted by atomic mass is 9.96. The standard InChI is InChI=1S/C23H31N5O2/c1-15(2)21(24)20-19(28-11-6-5-7-12-28)14-18(23(29)30)26-22(20)25-16-9-8-10-17(13-16)27(3)4/h8-10,13-15,24H,5-7,11-12H2,1-4H3,(H,25,26)(H,29,30). The van der Waals surface area contributed by atoms with E-state index in [1.807, 2.05) is 57.1 Å². The quantitative estimate of drug-likeness (QED) is 0.579. The number of carbonyl (C=O) groups is 1. The van der Waals surface area contributed by atoms with Gasteiger partial charge in [-0.15, -0.1) is 0 Å². The van der Waals surface area contributed by atoms with Crippen molar-refractivity contribution in [1.82, 2.24) is 4.98 Å². The van der Waals surface area contributed by atoms with Gasteiger partial charge in [-0.1, -0.05) is 19.9 Å². The largest absolute Gasteiger partial charge is 0.477 e. The Morgan fingerprint density at radius 2 is 1.90 bits per heavy atom. The molecule has 1 aliphatic rings. The first kappa shape index (κ1) is 21.6. The Kier molecular flexibility index (Phi) is 6.59. The maximum Gasteiger partial charge on any atom is 0.354 e. The van der Waals surface area contributed by atoms with Crippen molar-refractivity contribution < 1.29 is 9.90 Å². The molecule has 0 bridgehead atoms. The number of nitrogens with one attached hydrogen (secondary N) is 2. The molecule has 1 saturated heterocycles. The van der Waals surface area contributed by atoms with Gasteiger partial charge in [0.15, 0.2) is 5.69 Å². The molecule has 2 heterocycles. The van der Waals surface area contributed by atoms with Gasteiger partial charge in [-0.2, -0.15) is 0 Å². The van der Waals surface area contributed by atoms with Crippen LogP contribution >= 0.6 is 0 Å². The van der Waals surface area contributed by atoms with Gasteiger partial charge < -0.3 is 25.6 Å². The highest BCUT2D eigenvalue weighted by molar-refractivity contribution is 6.09. The van der Waals surface area contributed by atoms with E-state index in [9.17, 15) is 9.90 Å². The summed E-state index contributed by atoms with van der Waals surface area (Å²) in [6.07, 6.45) is 3.30. The van der Waals surface area contributed by atoms with Crippen LogP contribution in [0.4, 0.5) is 22.9 Å². The number of nitrogens with zero attached hydrogens (tertiary/aromatic N) is 3. The normalized spacial score (nSPS) is 14.0. The summed E-state index contributed by atoms with van der Waals surface area (Å²) in [5.74, 6) is -0.661. The Morgan fingerprint density at radius 1 is 1.20 bits per heavy atom. The molecule has 3 rings (SSSR count). The van der Waals surface area contributed by atoms with Crippen molar-refractivity contribution in [1.29, 1.82) is 5.41 Å². The molecule has 7 nitrogen and oxygen atoms in total. The fraction of sp³-hybridized carbons (Fsp3) is 0.435. The summed E-state index contributed by atoms with van der Waals surface area (Å²) in [5, 5.41) is 21.8. The zero-order valence-corrected chi connectivity index (χ0v) is 18.2. The van der Waals surface area contributed by atoms with Crippen LogP contribution in [0.3, 0.4) is 0 Å². The lowest BCUT2D eigenvalue weighted by molar-refractivity contribution is 0.0690. The van der Waals surface area contributed by atoms with Crippen molar-refractivity contribution >= 4 is 34.6 Å². The first-order valence-electron chi connectivity index (χ1n) is 10.4. The summed E-state index contributed by atoms with van der Waals surface area (Å²) in [6.45, 7) is 5.67. The molecule has 7 heteroatoms. The molecule has 1 aromatic carbocycles. The van der Waals surface area contributed by atoms with Gasteiger partial charge in [0.25, 0.3) is 0 Å². The van der Waals surface area contributed by atoms with Crippen LogP contribution in [0.25, 0.3) is 0 Å². The van der Waals surface area contributed by atoms with Crippen LogP contribution in [-0.2, 0) is 0 Å². The fourth-order valence-corrected chi connectivity index (χ4v) is 3.67. The number of aromatic nitrogens is 1.